The first-order valence-electron chi connectivity index (χ1n) is 7.78. The molecule has 1 aliphatic rings. The first-order valence-corrected chi connectivity index (χ1v) is 7.78. The Morgan fingerprint density at radius 1 is 1.14 bits per heavy atom. The van der Waals surface area contributed by atoms with Gasteiger partial charge in [-0.15, -0.1) is 10.2 Å². The summed E-state index contributed by atoms with van der Waals surface area (Å²) in [5.41, 5.74) is 0. The number of hydrogen-bond donors (Lipinski definition) is 0. The maximum atomic E-state index is 4.47. The fourth-order valence-electron chi connectivity index (χ4n) is 3.08. The summed E-state index contributed by atoms with van der Waals surface area (Å²) in [4.78, 5) is 6.48. The number of aromatic nitrogens is 6. The largest absolute Gasteiger partial charge is 0.313 e. The molecule has 0 saturated carbocycles. The highest BCUT2D eigenvalue weighted by Crippen LogP contribution is 2.27. The van der Waals surface area contributed by atoms with E-state index < -0.39 is 0 Å². The molecule has 0 amide bonds. The van der Waals surface area contributed by atoms with Gasteiger partial charge in [-0.05, 0) is 39.4 Å². The van der Waals surface area contributed by atoms with Crippen LogP contribution < -0.4 is 0 Å². The molecule has 0 spiro atoms. The van der Waals surface area contributed by atoms with Crippen molar-refractivity contribution in [1.29, 1.82) is 0 Å². The second kappa shape index (κ2) is 6.34. The summed E-state index contributed by atoms with van der Waals surface area (Å²) in [6, 6.07) is 0. The van der Waals surface area contributed by atoms with E-state index in [0.717, 1.165) is 37.8 Å². The van der Waals surface area contributed by atoms with E-state index in [1.54, 1.807) is 17.3 Å². The smallest absolute Gasteiger partial charge is 0.154 e. The zero-order valence-corrected chi connectivity index (χ0v) is 12.8. The number of piperidine rings is 1. The molecule has 0 bridgehead atoms. The molecule has 1 saturated heterocycles. The third-order valence-electron chi connectivity index (χ3n) is 4.34. The molecule has 0 unspecified atom stereocenters. The van der Waals surface area contributed by atoms with Crippen LogP contribution in [0.3, 0.4) is 0 Å². The molecule has 0 radical (unpaired) electrons. The van der Waals surface area contributed by atoms with E-state index in [1.165, 1.54) is 12.8 Å². The third kappa shape index (κ3) is 2.97. The highest BCUT2D eigenvalue weighted by molar-refractivity contribution is 5.04. The quantitative estimate of drug-likeness (QED) is 0.826. The first-order chi connectivity index (χ1) is 10.3. The Balaban J connectivity index is 1.75. The fraction of sp³-hybridized carbons (Fsp3) is 0.714. The molecule has 114 valence electrons. The van der Waals surface area contributed by atoms with Gasteiger partial charge in [0, 0.05) is 12.5 Å². The van der Waals surface area contributed by atoms with E-state index in [-0.39, 0.29) is 0 Å². The second-order valence-corrected chi connectivity index (χ2v) is 5.52. The van der Waals surface area contributed by atoms with Crippen LogP contribution in [0.2, 0.25) is 0 Å². The van der Waals surface area contributed by atoms with Crippen molar-refractivity contribution in [2.45, 2.75) is 45.7 Å². The van der Waals surface area contributed by atoms with Crippen LogP contribution in [0.5, 0.6) is 0 Å². The molecule has 2 aromatic rings. The number of rotatable bonds is 5. The van der Waals surface area contributed by atoms with E-state index in [1.807, 2.05) is 0 Å². The summed E-state index contributed by atoms with van der Waals surface area (Å²) in [6.45, 7) is 9.38. The van der Waals surface area contributed by atoms with Crippen molar-refractivity contribution in [1.82, 2.24) is 34.4 Å². The van der Waals surface area contributed by atoms with Gasteiger partial charge >= 0.3 is 0 Å². The fourth-order valence-corrected chi connectivity index (χ4v) is 3.08. The SMILES string of the molecule is CCN1CCC(c2nnc(Cn3cncn3)n2CC)CC1. The van der Waals surface area contributed by atoms with E-state index in [9.17, 15) is 0 Å². The highest BCUT2D eigenvalue weighted by Gasteiger charge is 2.25. The van der Waals surface area contributed by atoms with Crippen molar-refractivity contribution in [2.24, 2.45) is 0 Å². The van der Waals surface area contributed by atoms with E-state index in [0.29, 0.717) is 12.5 Å². The molecular weight excluding hydrogens is 266 g/mol. The molecule has 7 heteroatoms. The Hall–Kier alpha value is -1.76. The van der Waals surface area contributed by atoms with Crippen LogP contribution in [0.25, 0.3) is 0 Å². The van der Waals surface area contributed by atoms with Crippen LogP contribution in [0.1, 0.15) is 44.3 Å². The van der Waals surface area contributed by atoms with E-state index >= 15 is 0 Å². The van der Waals surface area contributed by atoms with Gasteiger partial charge in [0.1, 0.15) is 25.0 Å². The van der Waals surface area contributed by atoms with Crippen molar-refractivity contribution < 1.29 is 0 Å². The minimum atomic E-state index is 0.532. The van der Waals surface area contributed by atoms with Gasteiger partial charge in [0.25, 0.3) is 0 Å². The number of hydrogen-bond acceptors (Lipinski definition) is 5. The predicted molar refractivity (Wildman–Crippen MR) is 78.9 cm³/mol. The number of nitrogens with zero attached hydrogens (tertiary/aromatic N) is 7. The van der Waals surface area contributed by atoms with Gasteiger partial charge in [-0.3, -0.25) is 0 Å². The summed E-state index contributed by atoms with van der Waals surface area (Å²) in [7, 11) is 0. The maximum absolute atomic E-state index is 4.47. The van der Waals surface area contributed by atoms with Gasteiger partial charge in [-0.2, -0.15) is 5.10 Å². The average molecular weight is 289 g/mol. The van der Waals surface area contributed by atoms with Crippen molar-refractivity contribution in [3.8, 4) is 0 Å². The molecule has 0 aliphatic carbocycles. The molecule has 21 heavy (non-hydrogen) atoms. The Morgan fingerprint density at radius 2 is 1.95 bits per heavy atom. The summed E-state index contributed by atoms with van der Waals surface area (Å²) in [5, 5.41) is 13.0. The lowest BCUT2D eigenvalue weighted by molar-refractivity contribution is 0.217. The van der Waals surface area contributed by atoms with Crippen molar-refractivity contribution >= 4 is 0 Å². The lowest BCUT2D eigenvalue weighted by atomic mass is 9.96. The molecular formula is C14H23N7. The Morgan fingerprint density at radius 3 is 2.57 bits per heavy atom. The van der Waals surface area contributed by atoms with Crippen molar-refractivity contribution in [2.75, 3.05) is 19.6 Å². The van der Waals surface area contributed by atoms with Crippen LogP contribution in [-0.4, -0.2) is 54.1 Å². The van der Waals surface area contributed by atoms with E-state index in [2.05, 4.69) is 43.6 Å². The van der Waals surface area contributed by atoms with Crippen LogP contribution in [-0.2, 0) is 13.1 Å². The zero-order chi connectivity index (χ0) is 14.7. The number of likely N-dealkylation sites (tertiary alicyclic amines) is 1. The zero-order valence-electron chi connectivity index (χ0n) is 12.8. The highest BCUT2D eigenvalue weighted by atomic mass is 15.4. The molecule has 1 fully saturated rings. The Labute approximate surface area is 125 Å². The van der Waals surface area contributed by atoms with Crippen LogP contribution in [0.15, 0.2) is 12.7 Å². The lowest BCUT2D eigenvalue weighted by Gasteiger charge is -2.30. The van der Waals surface area contributed by atoms with Crippen LogP contribution in [0.4, 0.5) is 0 Å². The van der Waals surface area contributed by atoms with Crippen LogP contribution >= 0.6 is 0 Å². The molecule has 0 atom stereocenters. The third-order valence-corrected chi connectivity index (χ3v) is 4.34. The monoisotopic (exact) mass is 289 g/mol. The second-order valence-electron chi connectivity index (χ2n) is 5.52. The maximum Gasteiger partial charge on any atom is 0.154 e. The van der Waals surface area contributed by atoms with Gasteiger partial charge in [0.2, 0.25) is 0 Å². The van der Waals surface area contributed by atoms with Crippen molar-refractivity contribution in [3.05, 3.63) is 24.3 Å². The summed E-state index contributed by atoms with van der Waals surface area (Å²) in [6.07, 6.45) is 5.62. The minimum absolute atomic E-state index is 0.532. The Bertz CT molecular complexity index is 552. The van der Waals surface area contributed by atoms with E-state index in [4.69, 9.17) is 0 Å². The molecule has 2 aromatic heterocycles. The lowest BCUT2D eigenvalue weighted by Crippen LogP contribution is -2.33. The van der Waals surface area contributed by atoms with Crippen LogP contribution in [0, 0.1) is 0 Å². The molecule has 0 N–H and O–H groups in total. The van der Waals surface area contributed by atoms with Gasteiger partial charge in [0.05, 0.1) is 0 Å². The standard InChI is InChI=1S/C14H23N7/c1-3-19-7-5-12(6-8-19)14-18-17-13(21(14)4-2)9-20-11-15-10-16-20/h10-12H,3-9H2,1-2H3. The topological polar surface area (TPSA) is 64.7 Å². The molecule has 0 aromatic carbocycles. The molecule has 3 heterocycles. The first kappa shape index (κ1) is 14.2. The summed E-state index contributed by atoms with van der Waals surface area (Å²) in [5.74, 6) is 2.64. The summed E-state index contributed by atoms with van der Waals surface area (Å²) < 4.78 is 4.04. The van der Waals surface area contributed by atoms with Gasteiger partial charge in [-0.25, -0.2) is 9.67 Å². The molecule has 7 nitrogen and oxygen atoms in total. The predicted octanol–water partition coefficient (Wildman–Crippen LogP) is 1.14. The average Bonchev–Trinajstić information content (AvgIpc) is 3.17. The van der Waals surface area contributed by atoms with Gasteiger partial charge in [0.15, 0.2) is 5.82 Å². The van der Waals surface area contributed by atoms with Gasteiger partial charge < -0.3 is 9.47 Å². The van der Waals surface area contributed by atoms with Gasteiger partial charge in [-0.1, -0.05) is 6.92 Å². The normalized spacial score (nSPS) is 17.4. The van der Waals surface area contributed by atoms with Crippen molar-refractivity contribution in [3.63, 3.8) is 0 Å². The summed E-state index contributed by atoms with van der Waals surface area (Å²) >= 11 is 0. The molecule has 1 aliphatic heterocycles. The Kier molecular flexibility index (Phi) is 4.28. The minimum Gasteiger partial charge on any atom is -0.313 e. The molecule has 3 rings (SSSR count).